The molecule has 1 rings (SSSR count). The van der Waals surface area contributed by atoms with E-state index < -0.39 is 37.3 Å². The van der Waals surface area contributed by atoms with Crippen molar-refractivity contribution in [1.82, 2.24) is 5.32 Å². The van der Waals surface area contributed by atoms with Crippen molar-refractivity contribution in [3.05, 3.63) is 0 Å². The van der Waals surface area contributed by atoms with Crippen LogP contribution in [0.1, 0.15) is 33.1 Å². The van der Waals surface area contributed by atoms with E-state index in [-0.39, 0.29) is 5.91 Å². The third kappa shape index (κ3) is 4.68. The van der Waals surface area contributed by atoms with Gasteiger partial charge in [-0.2, -0.15) is 0 Å². The third-order valence-corrected chi connectivity index (χ3v) is 3.28. The lowest BCUT2D eigenvalue weighted by atomic mass is 9.97. The smallest absolute Gasteiger partial charge is 0.217 e. The molecule has 1 fully saturated rings. The Morgan fingerprint density at radius 2 is 2.00 bits per heavy atom. The van der Waals surface area contributed by atoms with Gasteiger partial charge >= 0.3 is 0 Å². The number of carbonyl (C=O) groups is 1. The number of ether oxygens (including phenoxy) is 2. The minimum absolute atomic E-state index is 0.352. The molecule has 7 nitrogen and oxygen atoms in total. The number of aliphatic hydroxyl groups excluding tert-OH is 3. The van der Waals surface area contributed by atoms with Crippen molar-refractivity contribution >= 4 is 5.91 Å². The second-order valence-corrected chi connectivity index (χ2v) is 5.01. The van der Waals surface area contributed by atoms with Crippen molar-refractivity contribution in [2.75, 3.05) is 13.2 Å². The molecule has 1 saturated heterocycles. The summed E-state index contributed by atoms with van der Waals surface area (Å²) in [4.78, 5) is 11.2. The second kappa shape index (κ2) is 8.53. The van der Waals surface area contributed by atoms with Gasteiger partial charge in [0.05, 0.1) is 6.61 Å². The van der Waals surface area contributed by atoms with Gasteiger partial charge in [0.1, 0.15) is 24.4 Å². The van der Waals surface area contributed by atoms with Gasteiger partial charge in [-0.3, -0.25) is 4.79 Å². The van der Waals surface area contributed by atoms with Crippen LogP contribution in [0.3, 0.4) is 0 Å². The highest BCUT2D eigenvalue weighted by Crippen LogP contribution is 2.22. The maximum atomic E-state index is 11.2. The molecule has 20 heavy (non-hydrogen) atoms. The van der Waals surface area contributed by atoms with Crippen molar-refractivity contribution in [1.29, 1.82) is 0 Å². The summed E-state index contributed by atoms with van der Waals surface area (Å²) in [5.41, 5.74) is 0. The molecule has 1 amide bonds. The molecular weight excluding hydrogens is 266 g/mol. The Balaban J connectivity index is 2.65. The van der Waals surface area contributed by atoms with E-state index in [4.69, 9.17) is 14.6 Å². The fourth-order valence-corrected chi connectivity index (χ4v) is 2.16. The molecule has 0 bridgehead atoms. The van der Waals surface area contributed by atoms with E-state index in [0.717, 1.165) is 19.3 Å². The zero-order chi connectivity index (χ0) is 15.1. The van der Waals surface area contributed by atoms with Crippen LogP contribution in [0.15, 0.2) is 0 Å². The highest BCUT2D eigenvalue weighted by molar-refractivity contribution is 5.73. The van der Waals surface area contributed by atoms with Crippen LogP contribution in [0.4, 0.5) is 0 Å². The van der Waals surface area contributed by atoms with Gasteiger partial charge < -0.3 is 30.1 Å². The summed E-state index contributed by atoms with van der Waals surface area (Å²) in [6, 6.07) is -0.855. The zero-order valence-corrected chi connectivity index (χ0v) is 12.0. The molecule has 5 atom stereocenters. The normalized spacial score (nSPS) is 34.0. The van der Waals surface area contributed by atoms with Crippen LogP contribution in [-0.2, 0) is 14.3 Å². The molecule has 0 aromatic carbocycles. The summed E-state index contributed by atoms with van der Waals surface area (Å²) in [5.74, 6) is -0.352. The van der Waals surface area contributed by atoms with E-state index in [1.807, 2.05) is 0 Å². The van der Waals surface area contributed by atoms with Crippen molar-refractivity contribution in [3.63, 3.8) is 0 Å². The molecule has 0 spiro atoms. The summed E-state index contributed by atoms with van der Waals surface area (Å²) in [6.45, 7) is 3.37. The van der Waals surface area contributed by atoms with E-state index in [9.17, 15) is 15.0 Å². The maximum absolute atomic E-state index is 11.2. The van der Waals surface area contributed by atoms with Gasteiger partial charge in [-0.05, 0) is 6.42 Å². The molecule has 1 aliphatic heterocycles. The van der Waals surface area contributed by atoms with Gasteiger partial charge in [-0.25, -0.2) is 0 Å². The first kappa shape index (κ1) is 17.3. The molecule has 0 saturated carbocycles. The Hall–Kier alpha value is -0.730. The molecular formula is C13H25NO6. The highest BCUT2D eigenvalue weighted by atomic mass is 16.7. The molecule has 0 aliphatic carbocycles. The first-order chi connectivity index (χ1) is 9.51. The summed E-state index contributed by atoms with van der Waals surface area (Å²) >= 11 is 0. The van der Waals surface area contributed by atoms with Gasteiger partial charge in [-0.1, -0.05) is 19.8 Å². The van der Waals surface area contributed by atoms with Gasteiger partial charge in [0.2, 0.25) is 5.91 Å². The molecule has 7 heteroatoms. The average Bonchev–Trinajstić information content (AvgIpc) is 2.41. The van der Waals surface area contributed by atoms with Crippen LogP contribution in [0.2, 0.25) is 0 Å². The van der Waals surface area contributed by atoms with Crippen LogP contribution in [-0.4, -0.2) is 65.1 Å². The minimum Gasteiger partial charge on any atom is -0.394 e. The van der Waals surface area contributed by atoms with E-state index in [1.165, 1.54) is 6.92 Å². The van der Waals surface area contributed by atoms with Crippen LogP contribution < -0.4 is 5.32 Å². The number of nitrogens with one attached hydrogen (secondary N) is 1. The summed E-state index contributed by atoms with van der Waals surface area (Å²) in [6.07, 6.45) is -1.44. The fraction of sp³-hybridized carbons (Fsp3) is 0.923. The Bertz CT molecular complexity index is 301. The number of carbonyl (C=O) groups excluding carboxylic acids is 1. The number of rotatable bonds is 7. The summed E-state index contributed by atoms with van der Waals surface area (Å²) in [5, 5.41) is 31.5. The molecule has 118 valence electrons. The topological polar surface area (TPSA) is 108 Å². The fourth-order valence-electron chi connectivity index (χ4n) is 2.16. The van der Waals surface area contributed by atoms with E-state index >= 15 is 0 Å². The number of amides is 1. The average molecular weight is 291 g/mol. The van der Waals surface area contributed by atoms with Crippen LogP contribution in [0.25, 0.3) is 0 Å². The predicted molar refractivity (Wildman–Crippen MR) is 70.8 cm³/mol. The lowest BCUT2D eigenvalue weighted by molar-refractivity contribution is -0.270. The molecule has 0 aromatic rings. The van der Waals surface area contributed by atoms with E-state index in [0.29, 0.717) is 6.61 Å². The molecule has 1 heterocycles. The van der Waals surface area contributed by atoms with Crippen LogP contribution in [0, 0.1) is 0 Å². The molecule has 0 unspecified atom stereocenters. The number of aliphatic hydroxyl groups is 3. The Morgan fingerprint density at radius 1 is 1.30 bits per heavy atom. The number of unbranched alkanes of at least 4 members (excludes halogenated alkanes) is 2. The van der Waals surface area contributed by atoms with Crippen molar-refractivity contribution in [2.24, 2.45) is 0 Å². The van der Waals surface area contributed by atoms with Crippen molar-refractivity contribution in [3.8, 4) is 0 Å². The second-order valence-electron chi connectivity index (χ2n) is 5.01. The Labute approximate surface area is 118 Å². The van der Waals surface area contributed by atoms with E-state index in [1.54, 1.807) is 0 Å². The Morgan fingerprint density at radius 3 is 2.55 bits per heavy atom. The molecule has 4 N–H and O–H groups in total. The summed E-state index contributed by atoms with van der Waals surface area (Å²) < 4.78 is 10.9. The lowest BCUT2D eigenvalue weighted by Crippen LogP contribution is -2.64. The number of hydrogen-bond acceptors (Lipinski definition) is 6. The first-order valence-electron chi connectivity index (χ1n) is 7.02. The van der Waals surface area contributed by atoms with Crippen molar-refractivity contribution in [2.45, 2.75) is 63.8 Å². The monoisotopic (exact) mass is 291 g/mol. The van der Waals surface area contributed by atoms with Gasteiger partial charge in [0.15, 0.2) is 6.29 Å². The predicted octanol–water partition coefficient (Wildman–Crippen LogP) is -0.863. The van der Waals surface area contributed by atoms with Gasteiger partial charge in [0, 0.05) is 13.5 Å². The van der Waals surface area contributed by atoms with E-state index in [2.05, 4.69) is 12.2 Å². The number of hydrogen-bond donors (Lipinski definition) is 4. The third-order valence-electron chi connectivity index (χ3n) is 3.28. The SMILES string of the molecule is CCCCCO[C@@H]1O[C@H](CO)[C@H](O)[C@H](O)[C@H]1NC(C)=O. The molecule has 1 aliphatic rings. The van der Waals surface area contributed by atoms with Gasteiger partial charge in [0.25, 0.3) is 0 Å². The molecule has 0 aromatic heterocycles. The quantitative estimate of drug-likeness (QED) is 0.454. The van der Waals surface area contributed by atoms with Crippen LogP contribution in [0.5, 0.6) is 0 Å². The standard InChI is InChI=1S/C13H25NO6/c1-3-4-5-6-19-13-10(14-8(2)16)12(18)11(17)9(7-15)20-13/h9-13,15,17-18H,3-7H2,1-2H3,(H,14,16)/t9-,10-,11+,12-,13-/m1/s1. The minimum atomic E-state index is -1.27. The Kier molecular flexibility index (Phi) is 7.39. The molecule has 0 radical (unpaired) electrons. The van der Waals surface area contributed by atoms with Crippen LogP contribution >= 0.6 is 0 Å². The lowest BCUT2D eigenvalue weighted by Gasteiger charge is -2.42. The highest BCUT2D eigenvalue weighted by Gasteiger charge is 2.45. The van der Waals surface area contributed by atoms with Gasteiger partial charge in [-0.15, -0.1) is 0 Å². The zero-order valence-electron chi connectivity index (χ0n) is 12.0. The summed E-state index contributed by atoms with van der Waals surface area (Å²) in [7, 11) is 0. The first-order valence-corrected chi connectivity index (χ1v) is 7.02. The largest absolute Gasteiger partial charge is 0.394 e. The van der Waals surface area contributed by atoms with Crippen molar-refractivity contribution < 1.29 is 29.6 Å². The maximum Gasteiger partial charge on any atom is 0.217 e.